The molecule has 0 aliphatic carbocycles. The predicted molar refractivity (Wildman–Crippen MR) is 130 cm³/mol. The highest BCUT2D eigenvalue weighted by Crippen LogP contribution is 2.42. The molecule has 1 aliphatic rings. The topological polar surface area (TPSA) is 171 Å². The Morgan fingerprint density at radius 2 is 1.76 bits per heavy atom. The average molecular weight is 583 g/mol. The maximum atomic E-state index is 13.4. The average Bonchev–Trinajstić information content (AvgIpc) is 3.27. The Morgan fingerprint density at radius 3 is 2.32 bits per heavy atom. The molecule has 208 valence electrons. The van der Waals surface area contributed by atoms with Gasteiger partial charge in [-0.15, -0.1) is 11.3 Å². The lowest BCUT2D eigenvalue weighted by atomic mass is 10.1. The van der Waals surface area contributed by atoms with Crippen LogP contribution in [-0.2, 0) is 53.2 Å². The van der Waals surface area contributed by atoms with Crippen molar-refractivity contribution in [2.75, 3.05) is 52.3 Å². The third-order valence-electron chi connectivity index (χ3n) is 5.30. The summed E-state index contributed by atoms with van der Waals surface area (Å²) in [6.45, 7) is 2.87. The maximum Gasteiger partial charge on any atom is 0.303 e. The molecule has 0 N–H and O–H groups in total. The van der Waals surface area contributed by atoms with E-state index < -0.39 is 68.5 Å². The fraction of sp³-hybridized carbons (Fsp3) is 0.619. The molecule has 1 aliphatic heterocycles. The number of likely N-dealkylation sites (N-methyl/N-ethyl adjacent to an activating group) is 1. The number of sulfone groups is 1. The Bertz CT molecular complexity index is 1240. The number of hydrogen-bond donors (Lipinski definition) is 0. The van der Waals surface area contributed by atoms with Gasteiger partial charge in [0.1, 0.15) is 14.2 Å². The van der Waals surface area contributed by atoms with Gasteiger partial charge in [-0.3, -0.25) is 19.2 Å². The standard InChI is InChI=1S/C21H30N2O11S3/c1-5-23(19(27)12-34-15(3)25)18-10-22(7-6-8-32-4)37(30,31)21-17(18)9-20(35-21)36(28,29)13-16(26)11-33-14(2)24/h9,18H,5-8,10-13H2,1-4H3/t18-/m0/s1. The van der Waals surface area contributed by atoms with E-state index in [1.54, 1.807) is 6.92 Å². The molecular formula is C21H30N2O11S3. The molecule has 0 fully saturated rings. The number of carbonyl (C=O) groups is 4. The highest BCUT2D eigenvalue weighted by molar-refractivity contribution is 7.95. The van der Waals surface area contributed by atoms with Gasteiger partial charge in [0.05, 0.1) is 6.04 Å². The zero-order chi connectivity index (χ0) is 28.0. The Labute approximate surface area is 219 Å². The van der Waals surface area contributed by atoms with E-state index >= 15 is 0 Å². The summed E-state index contributed by atoms with van der Waals surface area (Å²) >= 11 is 0.488. The first-order valence-electron chi connectivity index (χ1n) is 11.2. The van der Waals surface area contributed by atoms with E-state index in [-0.39, 0.29) is 40.2 Å². The molecule has 0 bridgehead atoms. The number of rotatable bonds is 13. The summed E-state index contributed by atoms with van der Waals surface area (Å²) in [5.74, 6) is -3.88. The predicted octanol–water partition coefficient (Wildman–Crippen LogP) is 0.148. The van der Waals surface area contributed by atoms with Gasteiger partial charge >= 0.3 is 11.9 Å². The molecule has 0 unspecified atom stereocenters. The number of carbonyl (C=O) groups excluding carboxylic acids is 4. The van der Waals surface area contributed by atoms with Crippen LogP contribution in [0.3, 0.4) is 0 Å². The number of ether oxygens (including phenoxy) is 3. The Morgan fingerprint density at radius 1 is 1.14 bits per heavy atom. The summed E-state index contributed by atoms with van der Waals surface area (Å²) in [6, 6.07) is 0.288. The quantitative estimate of drug-likeness (QED) is 0.229. The molecule has 2 heterocycles. The van der Waals surface area contributed by atoms with E-state index in [1.807, 2.05) is 0 Å². The minimum Gasteiger partial charge on any atom is -0.458 e. The molecule has 0 radical (unpaired) electrons. The van der Waals surface area contributed by atoms with Crippen LogP contribution in [0.25, 0.3) is 0 Å². The van der Waals surface area contributed by atoms with Gasteiger partial charge in [0.2, 0.25) is 0 Å². The van der Waals surface area contributed by atoms with Crippen LogP contribution in [0.4, 0.5) is 0 Å². The molecule has 1 atom stereocenters. The first kappa shape index (κ1) is 30.8. The Hall–Kier alpha value is -2.40. The summed E-state index contributed by atoms with van der Waals surface area (Å²) in [5.41, 5.74) is 0.0945. The Balaban J connectivity index is 2.51. The van der Waals surface area contributed by atoms with Crippen LogP contribution >= 0.6 is 11.3 Å². The fourth-order valence-corrected chi connectivity index (χ4v) is 8.82. The first-order valence-corrected chi connectivity index (χ1v) is 15.1. The molecule has 2 rings (SSSR count). The lowest BCUT2D eigenvalue weighted by Crippen LogP contribution is -2.48. The molecule has 0 aromatic carbocycles. The third-order valence-corrected chi connectivity index (χ3v) is 11.1. The number of sulfonamides is 1. The van der Waals surface area contributed by atoms with Crippen molar-refractivity contribution in [2.45, 2.75) is 41.7 Å². The highest BCUT2D eigenvalue weighted by Gasteiger charge is 2.43. The summed E-state index contributed by atoms with van der Waals surface area (Å²) in [7, 11) is -6.94. The SMILES string of the molecule is CCN(C(=O)COC(C)=O)[C@H]1CN(CCCOC)S(=O)(=O)c2sc(S(=O)(=O)CC(=O)COC(C)=O)cc21. The highest BCUT2D eigenvalue weighted by atomic mass is 32.3. The van der Waals surface area contributed by atoms with E-state index in [4.69, 9.17) is 9.47 Å². The Kier molecular flexibility index (Phi) is 10.8. The van der Waals surface area contributed by atoms with Gasteiger partial charge in [-0.2, -0.15) is 4.31 Å². The molecule has 1 amide bonds. The molecule has 0 saturated carbocycles. The van der Waals surface area contributed by atoms with Gasteiger partial charge in [0.15, 0.2) is 28.8 Å². The molecule has 0 spiro atoms. The van der Waals surface area contributed by atoms with Gasteiger partial charge < -0.3 is 19.1 Å². The minimum atomic E-state index is -4.29. The maximum absolute atomic E-state index is 13.4. The normalized spacial score (nSPS) is 17.0. The number of nitrogens with zero attached hydrogens (tertiary/aromatic N) is 2. The molecule has 1 aromatic rings. The van der Waals surface area contributed by atoms with Crippen LogP contribution in [-0.4, -0.2) is 102 Å². The summed E-state index contributed by atoms with van der Waals surface area (Å²) in [5, 5.41) is 0. The number of fused-ring (bicyclic) bond motifs is 1. The zero-order valence-corrected chi connectivity index (χ0v) is 23.4. The number of amides is 1. The van der Waals surface area contributed by atoms with Gasteiger partial charge in [0, 0.05) is 52.8 Å². The smallest absolute Gasteiger partial charge is 0.303 e. The van der Waals surface area contributed by atoms with E-state index in [1.165, 1.54) is 12.0 Å². The molecule has 16 heteroatoms. The monoisotopic (exact) mass is 582 g/mol. The first-order chi connectivity index (χ1) is 17.2. The summed E-state index contributed by atoms with van der Waals surface area (Å²) in [4.78, 5) is 48.3. The van der Waals surface area contributed by atoms with Crippen LogP contribution < -0.4 is 0 Å². The van der Waals surface area contributed by atoms with Crippen molar-refractivity contribution in [3.05, 3.63) is 11.6 Å². The van der Waals surface area contributed by atoms with E-state index in [9.17, 15) is 36.0 Å². The van der Waals surface area contributed by atoms with Crippen molar-refractivity contribution in [2.24, 2.45) is 0 Å². The van der Waals surface area contributed by atoms with Crippen LogP contribution in [0, 0.1) is 0 Å². The van der Waals surface area contributed by atoms with E-state index in [0.29, 0.717) is 17.8 Å². The van der Waals surface area contributed by atoms with Gasteiger partial charge in [-0.25, -0.2) is 16.8 Å². The second kappa shape index (κ2) is 12.9. The van der Waals surface area contributed by atoms with Gasteiger partial charge in [-0.1, -0.05) is 0 Å². The number of ketones is 1. The summed E-state index contributed by atoms with van der Waals surface area (Å²) < 4.78 is 67.6. The second-order valence-electron chi connectivity index (χ2n) is 8.07. The van der Waals surface area contributed by atoms with E-state index in [2.05, 4.69) is 4.74 Å². The number of thiophene rings is 1. The van der Waals surface area contributed by atoms with Crippen molar-refractivity contribution < 1.29 is 50.2 Å². The number of methoxy groups -OCH3 is 1. The van der Waals surface area contributed by atoms with Crippen molar-refractivity contribution in [3.8, 4) is 0 Å². The van der Waals surface area contributed by atoms with Crippen LogP contribution in [0.15, 0.2) is 14.5 Å². The molecule has 0 saturated heterocycles. The lowest BCUT2D eigenvalue weighted by molar-refractivity contribution is -0.151. The van der Waals surface area contributed by atoms with Crippen molar-refractivity contribution in [1.29, 1.82) is 0 Å². The molecule has 13 nitrogen and oxygen atoms in total. The van der Waals surface area contributed by atoms with Crippen molar-refractivity contribution >= 4 is 54.8 Å². The number of esters is 2. The minimum absolute atomic E-state index is 0.0582. The van der Waals surface area contributed by atoms with E-state index in [0.717, 1.165) is 24.2 Å². The van der Waals surface area contributed by atoms with Crippen LogP contribution in [0.5, 0.6) is 0 Å². The van der Waals surface area contributed by atoms with Crippen molar-refractivity contribution in [1.82, 2.24) is 9.21 Å². The zero-order valence-electron chi connectivity index (χ0n) is 20.9. The number of Topliss-reactive ketones (excluding diaryl/α,β-unsaturated/α-hetero) is 1. The van der Waals surface area contributed by atoms with Crippen LogP contribution in [0.2, 0.25) is 0 Å². The van der Waals surface area contributed by atoms with Gasteiger partial charge in [0.25, 0.3) is 15.9 Å². The van der Waals surface area contributed by atoms with Gasteiger partial charge in [-0.05, 0) is 19.4 Å². The molecular weight excluding hydrogens is 552 g/mol. The molecule has 1 aromatic heterocycles. The number of hydrogen-bond acceptors (Lipinski definition) is 12. The molecule has 37 heavy (non-hydrogen) atoms. The van der Waals surface area contributed by atoms with Crippen molar-refractivity contribution in [3.63, 3.8) is 0 Å². The second-order valence-corrected chi connectivity index (χ2v) is 13.5. The fourth-order valence-electron chi connectivity index (χ4n) is 3.65. The largest absolute Gasteiger partial charge is 0.458 e. The van der Waals surface area contributed by atoms with Crippen LogP contribution in [0.1, 0.15) is 38.8 Å². The third kappa shape index (κ3) is 7.80. The lowest BCUT2D eigenvalue weighted by Gasteiger charge is -2.38. The summed E-state index contributed by atoms with van der Waals surface area (Å²) in [6.07, 6.45) is 0.354.